The van der Waals surface area contributed by atoms with E-state index in [0.29, 0.717) is 13.1 Å². The van der Waals surface area contributed by atoms with E-state index < -0.39 is 0 Å². The van der Waals surface area contributed by atoms with Gasteiger partial charge in [-0.25, -0.2) is 5.10 Å². The van der Waals surface area contributed by atoms with E-state index in [1.54, 1.807) is 7.05 Å². The van der Waals surface area contributed by atoms with Crippen LogP contribution in [0.3, 0.4) is 0 Å². The zero-order chi connectivity index (χ0) is 12.1. The van der Waals surface area contributed by atoms with Crippen molar-refractivity contribution in [3.63, 3.8) is 0 Å². The van der Waals surface area contributed by atoms with Crippen LogP contribution in [0.15, 0.2) is 16.9 Å². The van der Waals surface area contributed by atoms with Crippen molar-refractivity contribution in [2.24, 2.45) is 11.7 Å². The van der Waals surface area contributed by atoms with Crippen LogP contribution in [0.25, 0.3) is 0 Å². The second kappa shape index (κ2) is 5.41. The summed E-state index contributed by atoms with van der Waals surface area (Å²) in [4.78, 5) is 24.1. The molecule has 1 heterocycles. The lowest BCUT2D eigenvalue weighted by Gasteiger charge is -2.19. The van der Waals surface area contributed by atoms with E-state index in [9.17, 15) is 9.59 Å². The predicted molar refractivity (Wildman–Crippen MR) is 60.0 cm³/mol. The number of hydrogen-bond acceptors (Lipinski definition) is 4. The van der Waals surface area contributed by atoms with E-state index in [1.165, 1.54) is 17.0 Å². The molecule has 1 aromatic rings. The number of aromatic nitrogens is 2. The summed E-state index contributed by atoms with van der Waals surface area (Å²) in [5.74, 6) is 0.00765. The van der Waals surface area contributed by atoms with Crippen LogP contribution in [0.1, 0.15) is 17.4 Å². The van der Waals surface area contributed by atoms with Crippen molar-refractivity contribution >= 4 is 5.91 Å². The zero-order valence-electron chi connectivity index (χ0n) is 9.43. The first-order chi connectivity index (χ1) is 7.54. The molecule has 6 heteroatoms. The lowest BCUT2D eigenvalue weighted by Crippen LogP contribution is -2.34. The standard InChI is InChI=1S/C10H16N4O2/c1-7(5-11)6-14(2)10(16)8-3-4-9(15)13-12-8/h3-4,7H,5-6,11H2,1-2H3,(H,13,15). The molecule has 0 saturated carbocycles. The summed E-state index contributed by atoms with van der Waals surface area (Å²) in [6.07, 6.45) is 0. The molecule has 0 aromatic carbocycles. The monoisotopic (exact) mass is 224 g/mol. The number of rotatable bonds is 4. The van der Waals surface area contributed by atoms with Crippen LogP contribution in [0.5, 0.6) is 0 Å². The molecule has 0 fully saturated rings. The highest BCUT2D eigenvalue weighted by Crippen LogP contribution is 2.01. The molecule has 0 radical (unpaired) electrons. The average molecular weight is 224 g/mol. The Labute approximate surface area is 93.5 Å². The lowest BCUT2D eigenvalue weighted by molar-refractivity contribution is 0.0770. The summed E-state index contributed by atoms with van der Waals surface area (Å²) in [7, 11) is 1.68. The van der Waals surface area contributed by atoms with Crippen molar-refractivity contribution in [1.29, 1.82) is 0 Å². The van der Waals surface area contributed by atoms with Gasteiger partial charge < -0.3 is 10.6 Å². The maximum atomic E-state index is 11.8. The SMILES string of the molecule is CC(CN)CN(C)C(=O)c1ccc(=O)[nH]n1. The van der Waals surface area contributed by atoms with Gasteiger partial charge in [-0.3, -0.25) is 9.59 Å². The summed E-state index contributed by atoms with van der Waals surface area (Å²) in [5, 5.41) is 5.90. The first-order valence-electron chi connectivity index (χ1n) is 5.06. The Kier molecular flexibility index (Phi) is 4.19. The van der Waals surface area contributed by atoms with Crippen molar-refractivity contribution < 1.29 is 4.79 Å². The number of aromatic amines is 1. The van der Waals surface area contributed by atoms with Gasteiger partial charge in [0.2, 0.25) is 0 Å². The average Bonchev–Trinajstić information content (AvgIpc) is 2.28. The van der Waals surface area contributed by atoms with Crippen molar-refractivity contribution in [2.45, 2.75) is 6.92 Å². The molecule has 0 aliphatic carbocycles. The maximum absolute atomic E-state index is 11.8. The van der Waals surface area contributed by atoms with Crippen molar-refractivity contribution in [3.8, 4) is 0 Å². The van der Waals surface area contributed by atoms with Crippen molar-refractivity contribution in [1.82, 2.24) is 15.1 Å². The Bertz CT molecular complexity index is 395. The topological polar surface area (TPSA) is 92.1 Å². The van der Waals surface area contributed by atoms with Gasteiger partial charge in [-0.15, -0.1) is 0 Å². The lowest BCUT2D eigenvalue weighted by atomic mass is 10.1. The van der Waals surface area contributed by atoms with Crippen LogP contribution < -0.4 is 11.3 Å². The van der Waals surface area contributed by atoms with Crippen LogP contribution in [0, 0.1) is 5.92 Å². The Morgan fingerprint density at radius 1 is 1.62 bits per heavy atom. The maximum Gasteiger partial charge on any atom is 0.274 e. The van der Waals surface area contributed by atoms with Gasteiger partial charge in [0, 0.05) is 19.7 Å². The van der Waals surface area contributed by atoms with Gasteiger partial charge >= 0.3 is 0 Å². The second-order valence-electron chi connectivity index (χ2n) is 3.83. The zero-order valence-corrected chi connectivity index (χ0v) is 9.43. The van der Waals surface area contributed by atoms with E-state index in [-0.39, 0.29) is 23.1 Å². The molecule has 3 N–H and O–H groups in total. The minimum absolute atomic E-state index is 0.225. The van der Waals surface area contributed by atoms with Crippen LogP contribution >= 0.6 is 0 Å². The first kappa shape index (κ1) is 12.4. The first-order valence-corrected chi connectivity index (χ1v) is 5.06. The molecule has 1 rings (SSSR count). The molecule has 0 saturated heterocycles. The minimum atomic E-state index is -0.325. The third kappa shape index (κ3) is 3.16. The Morgan fingerprint density at radius 3 is 2.81 bits per heavy atom. The molecule has 88 valence electrons. The number of hydrogen-bond donors (Lipinski definition) is 2. The molecule has 1 aromatic heterocycles. The smallest absolute Gasteiger partial charge is 0.274 e. The predicted octanol–water partition coefficient (Wildman–Crippen LogP) is -0.563. The fourth-order valence-electron chi connectivity index (χ4n) is 1.28. The Hall–Kier alpha value is -1.69. The molecule has 0 aliphatic rings. The number of nitrogens with zero attached hydrogens (tertiary/aromatic N) is 2. The molecule has 0 spiro atoms. The fourth-order valence-corrected chi connectivity index (χ4v) is 1.28. The third-order valence-corrected chi connectivity index (χ3v) is 2.23. The summed E-state index contributed by atoms with van der Waals surface area (Å²) >= 11 is 0. The van der Waals surface area contributed by atoms with Gasteiger partial charge in [-0.2, -0.15) is 5.10 Å². The summed E-state index contributed by atoms with van der Waals surface area (Å²) in [6, 6.07) is 2.69. The van der Waals surface area contributed by atoms with Crippen LogP contribution in [0.4, 0.5) is 0 Å². The van der Waals surface area contributed by atoms with Gasteiger partial charge in [0.1, 0.15) is 5.69 Å². The highest BCUT2D eigenvalue weighted by molar-refractivity contribution is 5.91. The van der Waals surface area contributed by atoms with Crippen LogP contribution in [-0.4, -0.2) is 41.1 Å². The highest BCUT2D eigenvalue weighted by Gasteiger charge is 2.14. The van der Waals surface area contributed by atoms with E-state index >= 15 is 0 Å². The van der Waals surface area contributed by atoms with E-state index in [0.717, 1.165) is 0 Å². The Morgan fingerprint density at radius 2 is 2.31 bits per heavy atom. The molecule has 0 aliphatic heterocycles. The van der Waals surface area contributed by atoms with Crippen LogP contribution in [-0.2, 0) is 0 Å². The number of carbonyl (C=O) groups excluding carboxylic acids is 1. The molecule has 6 nitrogen and oxygen atoms in total. The largest absolute Gasteiger partial charge is 0.340 e. The van der Waals surface area contributed by atoms with Crippen LogP contribution in [0.2, 0.25) is 0 Å². The molecule has 1 amide bonds. The number of nitrogens with one attached hydrogen (secondary N) is 1. The van der Waals surface area contributed by atoms with Gasteiger partial charge in [-0.1, -0.05) is 6.92 Å². The number of carbonyl (C=O) groups is 1. The number of H-pyrrole nitrogens is 1. The van der Waals surface area contributed by atoms with Gasteiger partial charge in [0.15, 0.2) is 0 Å². The number of nitrogens with two attached hydrogens (primary N) is 1. The number of amides is 1. The van der Waals surface area contributed by atoms with E-state index in [2.05, 4.69) is 10.2 Å². The van der Waals surface area contributed by atoms with Gasteiger partial charge in [0.05, 0.1) is 0 Å². The van der Waals surface area contributed by atoms with Crippen molar-refractivity contribution in [2.75, 3.05) is 20.1 Å². The summed E-state index contributed by atoms with van der Waals surface area (Å²) < 4.78 is 0. The van der Waals surface area contributed by atoms with Gasteiger partial charge in [-0.05, 0) is 18.5 Å². The molecule has 1 unspecified atom stereocenters. The molecule has 16 heavy (non-hydrogen) atoms. The van der Waals surface area contributed by atoms with E-state index in [4.69, 9.17) is 5.73 Å². The van der Waals surface area contributed by atoms with Gasteiger partial charge in [0.25, 0.3) is 11.5 Å². The molecular formula is C10H16N4O2. The normalized spacial score (nSPS) is 12.2. The van der Waals surface area contributed by atoms with E-state index in [1.807, 2.05) is 6.92 Å². The fraction of sp³-hybridized carbons (Fsp3) is 0.500. The highest BCUT2D eigenvalue weighted by atomic mass is 16.2. The quantitative estimate of drug-likeness (QED) is 0.716. The summed E-state index contributed by atoms with van der Waals surface area (Å²) in [5.41, 5.74) is 5.38. The third-order valence-electron chi connectivity index (χ3n) is 2.23. The Balaban J connectivity index is 2.70. The summed E-state index contributed by atoms with van der Waals surface area (Å²) in [6.45, 7) is 3.05. The second-order valence-corrected chi connectivity index (χ2v) is 3.83. The molecule has 0 bridgehead atoms. The molecular weight excluding hydrogens is 208 g/mol. The minimum Gasteiger partial charge on any atom is -0.340 e. The van der Waals surface area contributed by atoms with Crippen molar-refractivity contribution in [3.05, 3.63) is 28.2 Å². The molecule has 1 atom stereocenters.